The van der Waals surface area contributed by atoms with Crippen molar-refractivity contribution in [3.63, 3.8) is 0 Å². The molecule has 0 amide bonds. The van der Waals surface area contributed by atoms with Crippen molar-refractivity contribution in [1.29, 1.82) is 0 Å². The average Bonchev–Trinajstić information content (AvgIpc) is 3.90. The van der Waals surface area contributed by atoms with E-state index in [4.69, 9.17) is 8.83 Å². The van der Waals surface area contributed by atoms with Crippen LogP contribution in [0.25, 0.3) is 76.2 Å². The molecule has 0 aliphatic rings. The number of hydrogen-bond acceptors (Lipinski definition) is 4. The molecule has 0 atom stereocenters. The highest BCUT2D eigenvalue weighted by Gasteiger charge is 2.27. The first-order valence-electron chi connectivity index (χ1n) is 21.8. The summed E-state index contributed by atoms with van der Waals surface area (Å²) in [5.74, 6) is 0. The first-order chi connectivity index (χ1) is 30.5. The molecule has 298 valence electrons. The lowest BCUT2D eigenvalue weighted by molar-refractivity contribution is 0.663. The molecule has 0 bridgehead atoms. The molecule has 0 N–H and O–H groups in total. The van der Waals surface area contributed by atoms with E-state index < -0.39 is 0 Å². The van der Waals surface area contributed by atoms with E-state index >= 15 is 0 Å². The van der Waals surface area contributed by atoms with Crippen molar-refractivity contribution >= 4 is 110 Å². The Labute approximate surface area is 360 Å². The number of para-hydroxylation sites is 6. The van der Waals surface area contributed by atoms with Gasteiger partial charge in [0.2, 0.25) is 0 Å². The summed E-state index contributed by atoms with van der Waals surface area (Å²) in [6, 6.07) is 61.9. The molecule has 10 aromatic carbocycles. The smallest absolute Gasteiger partial charge is 0.159 e. The molecule has 0 saturated carbocycles. The zero-order chi connectivity index (χ0) is 41.6. The summed E-state index contributed by atoms with van der Waals surface area (Å²) in [4.78, 5) is 4.84. The van der Waals surface area contributed by atoms with Gasteiger partial charge in [0.05, 0.1) is 22.7 Å². The SMILES string of the molecule is CCc1cccc2c1oc1c(N(c3ccccc3C)c3ccc4ccc5c(N(c6ccccc6C)c6cccc7c6oc6c(CC)cccc67)ccc6ccc3c4c65)cccc12. The standard InChI is InChI=1S/C58H44N2O2/c1-5-37-17-11-19-41-43-21-13-25-51(57(43)61-55(37)41)59(47-23-9-7-15-35(47)3)49-33-29-39-28-32-46-50(34-30-40-27-31-45(49)53(39)54(40)46)60(48-24-10-8-16-36(48)4)52-26-14-22-44-42-20-12-18-38(6-2)56(42)62-58(44)52/h7-34H,5-6H2,1-4H3. The summed E-state index contributed by atoms with van der Waals surface area (Å²) in [6.45, 7) is 8.79. The second-order valence-corrected chi connectivity index (χ2v) is 16.6. The zero-order valence-electron chi connectivity index (χ0n) is 35.3. The highest BCUT2D eigenvalue weighted by Crippen LogP contribution is 2.51. The van der Waals surface area contributed by atoms with Crippen molar-refractivity contribution in [3.05, 3.63) is 192 Å². The summed E-state index contributed by atoms with van der Waals surface area (Å²) >= 11 is 0. The summed E-state index contributed by atoms with van der Waals surface area (Å²) in [7, 11) is 0. The Morgan fingerprint density at radius 2 is 0.694 bits per heavy atom. The summed E-state index contributed by atoms with van der Waals surface area (Å²) in [6.07, 6.45) is 1.80. The van der Waals surface area contributed by atoms with Gasteiger partial charge in [-0.15, -0.1) is 0 Å². The third kappa shape index (κ3) is 5.26. The van der Waals surface area contributed by atoms with E-state index in [-0.39, 0.29) is 0 Å². The van der Waals surface area contributed by atoms with Gasteiger partial charge in [-0.2, -0.15) is 0 Å². The fourth-order valence-electron chi connectivity index (χ4n) is 10.2. The number of rotatable bonds is 8. The van der Waals surface area contributed by atoms with Crippen LogP contribution in [0.2, 0.25) is 0 Å². The number of nitrogens with zero attached hydrogens (tertiary/aromatic N) is 2. The molecule has 12 aromatic rings. The number of anilines is 6. The van der Waals surface area contributed by atoms with Gasteiger partial charge >= 0.3 is 0 Å². The van der Waals surface area contributed by atoms with E-state index in [2.05, 4.69) is 207 Å². The number of benzene rings is 10. The Morgan fingerprint density at radius 1 is 0.323 bits per heavy atom. The minimum absolute atomic E-state index is 0.888. The highest BCUT2D eigenvalue weighted by atomic mass is 16.3. The lowest BCUT2D eigenvalue weighted by atomic mass is 9.91. The van der Waals surface area contributed by atoms with Gasteiger partial charge in [-0.05, 0) is 107 Å². The molecular weight excluding hydrogens is 757 g/mol. The van der Waals surface area contributed by atoms with Crippen LogP contribution in [-0.2, 0) is 12.8 Å². The van der Waals surface area contributed by atoms with Crippen LogP contribution in [0.3, 0.4) is 0 Å². The van der Waals surface area contributed by atoms with E-state index in [0.717, 1.165) is 90.8 Å². The van der Waals surface area contributed by atoms with Crippen molar-refractivity contribution in [2.24, 2.45) is 0 Å². The van der Waals surface area contributed by atoms with Gasteiger partial charge in [0.15, 0.2) is 11.2 Å². The van der Waals surface area contributed by atoms with Crippen molar-refractivity contribution < 1.29 is 8.83 Å². The first kappa shape index (κ1) is 36.3. The van der Waals surface area contributed by atoms with Gasteiger partial charge in [0.25, 0.3) is 0 Å². The predicted molar refractivity (Wildman–Crippen MR) is 262 cm³/mol. The number of fused-ring (bicyclic) bond motifs is 6. The average molecular weight is 801 g/mol. The molecule has 0 aliphatic heterocycles. The van der Waals surface area contributed by atoms with Crippen LogP contribution in [-0.4, -0.2) is 0 Å². The van der Waals surface area contributed by atoms with E-state index in [0.29, 0.717) is 0 Å². The molecule has 4 nitrogen and oxygen atoms in total. The first-order valence-corrected chi connectivity index (χ1v) is 21.8. The van der Waals surface area contributed by atoms with Crippen molar-refractivity contribution in [2.75, 3.05) is 9.80 Å². The summed E-state index contributed by atoms with van der Waals surface area (Å²) < 4.78 is 13.9. The maximum Gasteiger partial charge on any atom is 0.159 e. The molecule has 0 aliphatic carbocycles. The van der Waals surface area contributed by atoms with Crippen LogP contribution in [0.15, 0.2) is 179 Å². The molecule has 2 aromatic heterocycles. The topological polar surface area (TPSA) is 32.8 Å². The Balaban J connectivity index is 1.14. The fourth-order valence-corrected chi connectivity index (χ4v) is 10.2. The molecule has 0 radical (unpaired) electrons. The third-order valence-electron chi connectivity index (χ3n) is 13.2. The van der Waals surface area contributed by atoms with Crippen LogP contribution >= 0.6 is 0 Å². The van der Waals surface area contributed by atoms with Crippen LogP contribution in [0.4, 0.5) is 34.1 Å². The lowest BCUT2D eigenvalue weighted by Gasteiger charge is -2.30. The number of furan rings is 2. The van der Waals surface area contributed by atoms with Gasteiger partial charge in [-0.1, -0.05) is 147 Å². The number of hydrogen-bond donors (Lipinski definition) is 0. The van der Waals surface area contributed by atoms with Crippen LogP contribution in [0.1, 0.15) is 36.1 Å². The molecule has 0 saturated heterocycles. The Bertz CT molecular complexity index is 3480. The second-order valence-electron chi connectivity index (χ2n) is 16.6. The maximum atomic E-state index is 6.94. The highest BCUT2D eigenvalue weighted by molar-refractivity contribution is 6.29. The Kier molecular flexibility index (Phi) is 8.20. The minimum atomic E-state index is 0.888. The molecule has 0 unspecified atom stereocenters. The van der Waals surface area contributed by atoms with Crippen molar-refractivity contribution in [2.45, 2.75) is 40.5 Å². The zero-order valence-corrected chi connectivity index (χ0v) is 35.3. The second kappa shape index (κ2) is 14.0. The fraction of sp³-hybridized carbons (Fsp3) is 0.103. The predicted octanol–water partition coefficient (Wildman–Crippen LogP) is 17.1. The maximum absolute atomic E-state index is 6.94. The van der Waals surface area contributed by atoms with E-state index in [1.165, 1.54) is 54.6 Å². The van der Waals surface area contributed by atoms with Crippen LogP contribution < -0.4 is 9.80 Å². The molecule has 0 spiro atoms. The van der Waals surface area contributed by atoms with Crippen LogP contribution in [0, 0.1) is 13.8 Å². The Morgan fingerprint density at radius 3 is 1.11 bits per heavy atom. The van der Waals surface area contributed by atoms with Gasteiger partial charge < -0.3 is 18.6 Å². The van der Waals surface area contributed by atoms with Crippen molar-refractivity contribution in [3.8, 4) is 0 Å². The largest absolute Gasteiger partial charge is 0.454 e. The quantitative estimate of drug-likeness (QED) is 0.143. The number of aryl methyl sites for hydroxylation is 4. The summed E-state index contributed by atoms with van der Waals surface area (Å²) in [5.41, 5.74) is 15.0. The van der Waals surface area contributed by atoms with Gasteiger partial charge in [0.1, 0.15) is 11.2 Å². The lowest BCUT2D eigenvalue weighted by Crippen LogP contribution is -2.13. The molecule has 2 heterocycles. The Hall–Kier alpha value is -7.56. The normalized spacial score (nSPS) is 12.0. The van der Waals surface area contributed by atoms with Gasteiger partial charge in [-0.3, -0.25) is 0 Å². The third-order valence-corrected chi connectivity index (χ3v) is 13.2. The summed E-state index contributed by atoms with van der Waals surface area (Å²) in [5, 5.41) is 11.8. The minimum Gasteiger partial charge on any atom is -0.454 e. The van der Waals surface area contributed by atoms with Gasteiger partial charge in [-0.25, -0.2) is 0 Å². The monoisotopic (exact) mass is 800 g/mol. The molecule has 12 rings (SSSR count). The van der Waals surface area contributed by atoms with E-state index in [1.54, 1.807) is 0 Å². The van der Waals surface area contributed by atoms with E-state index in [1.807, 2.05) is 0 Å². The molecule has 0 fully saturated rings. The van der Waals surface area contributed by atoms with Gasteiger partial charge in [0, 0.05) is 43.7 Å². The van der Waals surface area contributed by atoms with Crippen LogP contribution in [0.5, 0.6) is 0 Å². The molecule has 4 heteroatoms. The van der Waals surface area contributed by atoms with Crippen molar-refractivity contribution in [1.82, 2.24) is 0 Å². The molecule has 62 heavy (non-hydrogen) atoms. The van der Waals surface area contributed by atoms with E-state index in [9.17, 15) is 0 Å². The molecular formula is C58H44N2O2.